The number of amides is 1. The van der Waals surface area contributed by atoms with Crippen LogP contribution in [0, 0.1) is 0 Å². The first-order valence-corrected chi connectivity index (χ1v) is 10.7. The SMILES string of the molecule is C=C(C)COc1cccc(NC(=S)NC(=O)c2ccc(OCCc3ccccc3)cc2)c1. The predicted octanol–water partition coefficient (Wildman–Crippen LogP) is 5.39. The van der Waals surface area contributed by atoms with Crippen LogP contribution < -0.4 is 20.1 Å². The molecule has 3 aromatic carbocycles. The van der Waals surface area contributed by atoms with Crippen molar-refractivity contribution in [2.45, 2.75) is 13.3 Å². The number of rotatable bonds is 9. The lowest BCUT2D eigenvalue weighted by molar-refractivity contribution is 0.0977. The fraction of sp³-hybridized carbons (Fsp3) is 0.154. The number of hydrogen-bond donors (Lipinski definition) is 2. The molecule has 32 heavy (non-hydrogen) atoms. The topological polar surface area (TPSA) is 59.6 Å². The minimum absolute atomic E-state index is 0.204. The highest BCUT2D eigenvalue weighted by molar-refractivity contribution is 7.80. The summed E-state index contributed by atoms with van der Waals surface area (Å²) in [5.41, 5.74) is 3.36. The second-order valence-corrected chi connectivity index (χ2v) is 7.70. The predicted molar refractivity (Wildman–Crippen MR) is 133 cm³/mol. The number of ether oxygens (including phenoxy) is 2. The lowest BCUT2D eigenvalue weighted by Crippen LogP contribution is -2.34. The number of thiocarbonyl (C=S) groups is 1. The Labute approximate surface area is 194 Å². The summed E-state index contributed by atoms with van der Waals surface area (Å²) < 4.78 is 11.4. The molecule has 0 bridgehead atoms. The highest BCUT2D eigenvalue weighted by atomic mass is 32.1. The van der Waals surface area contributed by atoms with Gasteiger partial charge >= 0.3 is 0 Å². The first-order chi connectivity index (χ1) is 15.5. The molecule has 0 aromatic heterocycles. The van der Waals surface area contributed by atoms with E-state index >= 15 is 0 Å². The summed E-state index contributed by atoms with van der Waals surface area (Å²) in [6.07, 6.45) is 0.822. The Morgan fingerprint density at radius 3 is 2.41 bits per heavy atom. The molecule has 0 unspecified atom stereocenters. The van der Waals surface area contributed by atoms with Gasteiger partial charge in [-0.1, -0.05) is 43.0 Å². The fourth-order valence-corrected chi connectivity index (χ4v) is 3.05. The summed E-state index contributed by atoms with van der Waals surface area (Å²) >= 11 is 5.27. The van der Waals surface area contributed by atoms with Crippen molar-refractivity contribution in [2.75, 3.05) is 18.5 Å². The van der Waals surface area contributed by atoms with Gasteiger partial charge in [-0.15, -0.1) is 0 Å². The third-order valence-electron chi connectivity index (χ3n) is 4.42. The molecule has 0 heterocycles. The minimum atomic E-state index is -0.298. The van der Waals surface area contributed by atoms with E-state index in [1.807, 2.05) is 49.4 Å². The number of carbonyl (C=O) groups excluding carboxylic acids is 1. The van der Waals surface area contributed by atoms with Crippen molar-refractivity contribution >= 4 is 28.9 Å². The number of anilines is 1. The lowest BCUT2D eigenvalue weighted by atomic mass is 10.2. The van der Waals surface area contributed by atoms with Gasteiger partial charge in [-0.05, 0) is 66.7 Å². The van der Waals surface area contributed by atoms with Crippen LogP contribution in [0.15, 0.2) is 91.0 Å². The van der Waals surface area contributed by atoms with Crippen LogP contribution in [0.25, 0.3) is 0 Å². The van der Waals surface area contributed by atoms with E-state index in [0.717, 1.165) is 17.7 Å². The van der Waals surface area contributed by atoms with Crippen LogP contribution >= 0.6 is 12.2 Å². The zero-order valence-corrected chi connectivity index (χ0v) is 18.8. The summed E-state index contributed by atoms with van der Waals surface area (Å²) in [7, 11) is 0. The molecule has 0 radical (unpaired) electrons. The first kappa shape index (κ1) is 23.0. The first-order valence-electron chi connectivity index (χ1n) is 10.3. The maximum Gasteiger partial charge on any atom is 0.257 e. The Hall–Kier alpha value is -3.64. The standard InChI is InChI=1S/C26H26N2O3S/c1-19(2)18-31-24-10-6-9-22(17-24)27-26(32)28-25(29)21-11-13-23(14-12-21)30-16-15-20-7-4-3-5-8-20/h3-14,17H,1,15-16,18H2,2H3,(H2,27,28,29,32). The molecule has 0 atom stereocenters. The maximum atomic E-state index is 12.5. The van der Waals surface area contributed by atoms with Gasteiger partial charge in [0.1, 0.15) is 18.1 Å². The summed E-state index contributed by atoms with van der Waals surface area (Å²) in [5.74, 6) is 1.10. The van der Waals surface area contributed by atoms with Gasteiger partial charge in [0.2, 0.25) is 0 Å². The van der Waals surface area contributed by atoms with Crippen LogP contribution in [-0.2, 0) is 6.42 Å². The number of nitrogens with one attached hydrogen (secondary N) is 2. The maximum absolute atomic E-state index is 12.5. The molecule has 6 heteroatoms. The average Bonchev–Trinajstić information content (AvgIpc) is 2.79. The summed E-state index contributed by atoms with van der Waals surface area (Å²) in [4.78, 5) is 12.5. The van der Waals surface area contributed by atoms with E-state index in [9.17, 15) is 4.79 Å². The zero-order valence-electron chi connectivity index (χ0n) is 18.0. The Morgan fingerprint density at radius 2 is 1.69 bits per heavy atom. The molecule has 0 saturated heterocycles. The molecule has 3 rings (SSSR count). The van der Waals surface area contributed by atoms with Crippen LogP contribution in [0.3, 0.4) is 0 Å². The Balaban J connectivity index is 1.47. The van der Waals surface area contributed by atoms with Crippen LogP contribution in [0.1, 0.15) is 22.8 Å². The molecule has 0 aliphatic carbocycles. The fourth-order valence-electron chi connectivity index (χ4n) is 2.84. The Morgan fingerprint density at radius 1 is 0.938 bits per heavy atom. The van der Waals surface area contributed by atoms with Crippen molar-refractivity contribution in [1.82, 2.24) is 5.32 Å². The van der Waals surface area contributed by atoms with Crippen molar-refractivity contribution in [3.05, 3.63) is 102 Å². The third kappa shape index (κ3) is 7.56. The van der Waals surface area contributed by atoms with E-state index in [1.165, 1.54) is 5.56 Å². The zero-order chi connectivity index (χ0) is 22.8. The normalized spacial score (nSPS) is 10.2. The van der Waals surface area contributed by atoms with Gasteiger partial charge in [-0.3, -0.25) is 10.1 Å². The number of hydrogen-bond acceptors (Lipinski definition) is 4. The molecule has 5 nitrogen and oxygen atoms in total. The van der Waals surface area contributed by atoms with Gasteiger partial charge in [-0.2, -0.15) is 0 Å². The molecule has 164 valence electrons. The molecular weight excluding hydrogens is 420 g/mol. The van der Waals surface area contributed by atoms with Gasteiger partial charge in [0.05, 0.1) is 6.61 Å². The summed E-state index contributed by atoms with van der Waals surface area (Å²) in [5, 5.41) is 5.89. The van der Waals surface area contributed by atoms with Crippen molar-refractivity contribution in [3.8, 4) is 11.5 Å². The van der Waals surface area contributed by atoms with E-state index in [4.69, 9.17) is 21.7 Å². The molecule has 0 fully saturated rings. The van der Waals surface area contributed by atoms with Gasteiger partial charge in [0, 0.05) is 23.7 Å². The van der Waals surface area contributed by atoms with Crippen molar-refractivity contribution in [2.24, 2.45) is 0 Å². The molecule has 3 aromatic rings. The van der Waals surface area contributed by atoms with E-state index < -0.39 is 0 Å². The lowest BCUT2D eigenvalue weighted by Gasteiger charge is -2.12. The molecule has 1 amide bonds. The van der Waals surface area contributed by atoms with Gasteiger partial charge in [0.15, 0.2) is 5.11 Å². The second-order valence-electron chi connectivity index (χ2n) is 7.29. The van der Waals surface area contributed by atoms with Crippen LogP contribution in [0.4, 0.5) is 5.69 Å². The average molecular weight is 447 g/mol. The molecular formula is C26H26N2O3S. The van der Waals surface area contributed by atoms with Crippen molar-refractivity contribution in [3.63, 3.8) is 0 Å². The number of benzene rings is 3. The molecule has 0 saturated carbocycles. The summed E-state index contributed by atoms with van der Waals surface area (Å²) in [6, 6.07) is 24.5. The van der Waals surface area contributed by atoms with Gasteiger partial charge in [-0.25, -0.2) is 0 Å². The Bertz CT molecular complexity index is 1070. The van der Waals surface area contributed by atoms with Crippen molar-refractivity contribution in [1.29, 1.82) is 0 Å². The van der Waals surface area contributed by atoms with Crippen molar-refractivity contribution < 1.29 is 14.3 Å². The van der Waals surface area contributed by atoms with Crippen LogP contribution in [0.2, 0.25) is 0 Å². The monoisotopic (exact) mass is 446 g/mol. The molecule has 2 N–H and O–H groups in total. The van der Waals surface area contributed by atoms with Crippen LogP contribution in [0.5, 0.6) is 11.5 Å². The molecule has 0 aliphatic rings. The molecule has 0 aliphatic heterocycles. The molecule has 0 spiro atoms. The smallest absolute Gasteiger partial charge is 0.257 e. The van der Waals surface area contributed by atoms with Gasteiger partial charge < -0.3 is 14.8 Å². The van der Waals surface area contributed by atoms with Gasteiger partial charge in [0.25, 0.3) is 5.91 Å². The third-order valence-corrected chi connectivity index (χ3v) is 4.63. The minimum Gasteiger partial charge on any atom is -0.493 e. The Kier molecular flexibility index (Phi) is 8.40. The number of carbonyl (C=O) groups is 1. The quantitative estimate of drug-likeness (QED) is 0.341. The van der Waals surface area contributed by atoms with E-state index in [0.29, 0.717) is 30.3 Å². The van der Waals surface area contributed by atoms with Crippen LogP contribution in [-0.4, -0.2) is 24.2 Å². The summed E-state index contributed by atoms with van der Waals surface area (Å²) in [6.45, 7) is 6.73. The largest absolute Gasteiger partial charge is 0.493 e. The second kappa shape index (κ2) is 11.7. The van der Waals surface area contributed by atoms with E-state index in [2.05, 4.69) is 29.3 Å². The highest BCUT2D eigenvalue weighted by Gasteiger charge is 2.09. The highest BCUT2D eigenvalue weighted by Crippen LogP contribution is 2.18. The van der Waals surface area contributed by atoms with E-state index in [1.54, 1.807) is 24.3 Å². The van der Waals surface area contributed by atoms with E-state index in [-0.39, 0.29) is 11.0 Å².